The number of nitrogens with zero attached hydrogens (tertiary/aromatic N) is 2. The monoisotopic (exact) mass is 498 g/mol. The minimum absolute atomic E-state index is 0.0717. The topological polar surface area (TPSA) is 190 Å². The van der Waals surface area contributed by atoms with Crippen molar-refractivity contribution in [1.29, 1.82) is 0 Å². The van der Waals surface area contributed by atoms with E-state index in [9.17, 15) is 28.8 Å². The highest BCUT2D eigenvalue weighted by Crippen LogP contribution is 2.24. The minimum Gasteiger partial charge on any atom is -0.481 e. The molecule has 2 heterocycles. The van der Waals surface area contributed by atoms with Crippen molar-refractivity contribution in [3.8, 4) is 0 Å². The van der Waals surface area contributed by atoms with Crippen molar-refractivity contribution in [2.45, 2.75) is 24.9 Å². The van der Waals surface area contributed by atoms with E-state index in [1.165, 1.54) is 0 Å². The highest BCUT2D eigenvalue weighted by atomic mass is 32.2. The fourth-order valence-electron chi connectivity index (χ4n) is 2.24. The molecule has 0 aromatic heterocycles. The fourth-order valence-corrected chi connectivity index (χ4v) is 4.56. The molecule has 0 bridgehead atoms. The van der Waals surface area contributed by atoms with Gasteiger partial charge in [0.2, 0.25) is 11.8 Å². The van der Waals surface area contributed by atoms with Gasteiger partial charge in [-0.1, -0.05) is 48.0 Å². The summed E-state index contributed by atoms with van der Waals surface area (Å²) in [5.41, 5.74) is 0. The number of carboxylic acids is 4. The summed E-state index contributed by atoms with van der Waals surface area (Å²) in [6.45, 7) is 0. The summed E-state index contributed by atoms with van der Waals surface area (Å²) in [5.74, 6) is -6.07. The molecule has 0 radical (unpaired) electrons. The number of thioether (sulfide) groups is 2. The van der Waals surface area contributed by atoms with E-state index in [-0.39, 0.29) is 20.1 Å². The van der Waals surface area contributed by atoms with Gasteiger partial charge in [-0.05, 0) is 0 Å². The van der Waals surface area contributed by atoms with Crippen LogP contribution in [0, 0.1) is 0 Å². The van der Waals surface area contributed by atoms with Crippen LogP contribution >= 0.6 is 48.0 Å². The van der Waals surface area contributed by atoms with Gasteiger partial charge in [-0.15, -0.1) is 0 Å². The number of carboxylic acid groups (broad SMARTS) is 4. The highest BCUT2D eigenvalue weighted by molar-refractivity contribution is 8.24. The first kappa shape index (κ1) is 25.7. The third kappa shape index (κ3) is 6.89. The molecular weight excluding hydrogens is 484 g/mol. The molecule has 2 saturated heterocycles. The molecule has 2 aliphatic rings. The molecule has 2 rings (SSSR count). The van der Waals surface area contributed by atoms with Crippen molar-refractivity contribution < 1.29 is 49.2 Å². The second-order valence-corrected chi connectivity index (χ2v) is 8.76. The van der Waals surface area contributed by atoms with E-state index < -0.39 is 60.6 Å². The van der Waals surface area contributed by atoms with E-state index in [1.807, 2.05) is 0 Å². The maximum Gasteiger partial charge on any atom is 0.327 e. The molecule has 0 spiro atoms. The molecule has 2 fully saturated rings. The number of thiocarbonyl (C=S) groups is 2. The molecule has 30 heavy (non-hydrogen) atoms. The Morgan fingerprint density at radius 2 is 1.07 bits per heavy atom. The van der Waals surface area contributed by atoms with E-state index in [0.29, 0.717) is 0 Å². The number of aliphatic carboxylic acids is 4. The molecule has 2 atom stereocenters. The predicted octanol–water partition coefficient (Wildman–Crippen LogP) is -0.451. The Hall–Kier alpha value is -2.30. The van der Waals surface area contributed by atoms with Gasteiger partial charge < -0.3 is 20.4 Å². The average Bonchev–Trinajstić information content (AvgIpc) is 3.12. The number of hydrogen-bond donors (Lipinski definition) is 4. The maximum absolute atomic E-state index is 11.3. The molecule has 0 aliphatic carbocycles. The van der Waals surface area contributed by atoms with Crippen molar-refractivity contribution in [2.75, 3.05) is 11.5 Å². The largest absolute Gasteiger partial charge is 0.481 e. The first-order chi connectivity index (χ1) is 13.9. The third-order valence-corrected chi connectivity index (χ3v) is 6.27. The lowest BCUT2D eigenvalue weighted by atomic mass is 10.2. The van der Waals surface area contributed by atoms with Gasteiger partial charge in [-0.2, -0.15) is 0 Å². The molecule has 2 aliphatic heterocycles. The van der Waals surface area contributed by atoms with Crippen LogP contribution in [0.2, 0.25) is 0 Å². The Kier molecular flexibility index (Phi) is 9.60. The minimum atomic E-state index is -1.41. The number of rotatable bonds is 8. The Bertz CT molecular complexity index is 719. The number of hydrogen-bond acceptors (Lipinski definition) is 10. The second kappa shape index (κ2) is 11.2. The number of carbonyl (C=O) groups excluding carboxylic acids is 2. The number of carbonyl (C=O) groups is 6. The van der Waals surface area contributed by atoms with Crippen molar-refractivity contribution in [1.82, 2.24) is 9.80 Å². The molecule has 0 saturated carbocycles. The van der Waals surface area contributed by atoms with Gasteiger partial charge in [0.15, 0.2) is 0 Å². The van der Waals surface area contributed by atoms with Gasteiger partial charge in [0.1, 0.15) is 20.7 Å². The normalized spacial score (nSPS) is 18.0. The van der Waals surface area contributed by atoms with Crippen molar-refractivity contribution in [3.63, 3.8) is 0 Å². The summed E-state index contributed by atoms with van der Waals surface area (Å²) in [5, 5.41) is 34.6. The van der Waals surface area contributed by atoms with Gasteiger partial charge in [0.05, 0.1) is 24.3 Å². The van der Waals surface area contributed by atoms with Crippen molar-refractivity contribution in [3.05, 3.63) is 0 Å². The highest BCUT2D eigenvalue weighted by Gasteiger charge is 2.39. The SMILES string of the molecule is O=C(O)CC(C(=O)O)N1C(=O)CSC1=S.O=C(O)CC(C(=O)O)N1C(=O)CSC1=S. The van der Waals surface area contributed by atoms with Gasteiger partial charge in [-0.3, -0.25) is 29.0 Å². The van der Waals surface area contributed by atoms with Crippen LogP contribution in [0.4, 0.5) is 0 Å². The lowest BCUT2D eigenvalue weighted by Gasteiger charge is -2.21. The zero-order valence-electron chi connectivity index (χ0n) is 14.7. The Balaban J connectivity index is 0.000000300. The van der Waals surface area contributed by atoms with Gasteiger partial charge in [-0.25, -0.2) is 9.59 Å². The zero-order valence-corrected chi connectivity index (χ0v) is 18.0. The van der Waals surface area contributed by atoms with Crippen molar-refractivity contribution in [2.24, 2.45) is 0 Å². The van der Waals surface area contributed by atoms with E-state index in [4.69, 9.17) is 44.9 Å². The molecule has 12 nitrogen and oxygen atoms in total. The smallest absolute Gasteiger partial charge is 0.327 e. The summed E-state index contributed by atoms with van der Waals surface area (Å²) in [7, 11) is 0. The van der Waals surface area contributed by atoms with Crippen LogP contribution < -0.4 is 0 Å². The van der Waals surface area contributed by atoms with E-state index in [0.717, 1.165) is 33.3 Å². The molecule has 0 aromatic rings. The Labute approximate surface area is 187 Å². The molecular formula is C14H14N2O10S4. The van der Waals surface area contributed by atoms with Crippen molar-refractivity contribution >= 4 is 92.3 Å². The molecule has 0 aromatic carbocycles. The quantitative estimate of drug-likeness (QED) is 0.315. The summed E-state index contributed by atoms with van der Waals surface area (Å²) in [6, 6.07) is -2.81. The lowest BCUT2D eigenvalue weighted by molar-refractivity contribution is -0.150. The van der Waals surface area contributed by atoms with Gasteiger partial charge >= 0.3 is 23.9 Å². The summed E-state index contributed by atoms with van der Waals surface area (Å²) < 4.78 is 0.238. The maximum atomic E-state index is 11.3. The molecule has 16 heteroatoms. The standard InChI is InChI=1S/2C7H7NO5S2/c2*9-4-2-15-7(14)8(4)3(6(12)13)1-5(10)11/h2*3H,1-2H2,(H,10,11)(H,12,13). The van der Waals surface area contributed by atoms with Crippen LogP contribution in [-0.4, -0.2) is 98.1 Å². The lowest BCUT2D eigenvalue weighted by Crippen LogP contribution is -2.45. The Morgan fingerprint density at radius 3 is 1.23 bits per heavy atom. The van der Waals surface area contributed by atoms with E-state index in [1.54, 1.807) is 0 Å². The van der Waals surface area contributed by atoms with E-state index >= 15 is 0 Å². The van der Waals surface area contributed by atoms with Gasteiger partial charge in [0.25, 0.3) is 0 Å². The van der Waals surface area contributed by atoms with Crippen LogP contribution in [-0.2, 0) is 28.8 Å². The van der Waals surface area contributed by atoms with Gasteiger partial charge in [0, 0.05) is 0 Å². The number of amides is 2. The molecule has 2 amide bonds. The fraction of sp³-hybridized carbons (Fsp3) is 0.429. The Morgan fingerprint density at radius 1 is 0.767 bits per heavy atom. The van der Waals surface area contributed by atoms with E-state index in [2.05, 4.69) is 0 Å². The summed E-state index contributed by atoms with van der Waals surface area (Å²) >= 11 is 11.6. The van der Waals surface area contributed by atoms with Crippen LogP contribution in [0.15, 0.2) is 0 Å². The third-order valence-electron chi connectivity index (χ3n) is 3.50. The molecule has 4 N–H and O–H groups in total. The predicted molar refractivity (Wildman–Crippen MR) is 111 cm³/mol. The van der Waals surface area contributed by atoms with Crippen LogP contribution in [0.5, 0.6) is 0 Å². The molecule has 2 unspecified atom stereocenters. The zero-order chi connectivity index (χ0) is 23.2. The summed E-state index contributed by atoms with van der Waals surface area (Å²) in [6.07, 6.45) is -1.30. The second-order valence-electron chi connectivity index (χ2n) is 5.54. The summed E-state index contributed by atoms with van der Waals surface area (Å²) in [4.78, 5) is 66.7. The molecule has 164 valence electrons. The average molecular weight is 499 g/mol. The van der Waals surface area contributed by atoms with Crippen LogP contribution in [0.3, 0.4) is 0 Å². The van der Waals surface area contributed by atoms with Crippen LogP contribution in [0.25, 0.3) is 0 Å². The van der Waals surface area contributed by atoms with Crippen LogP contribution in [0.1, 0.15) is 12.8 Å². The first-order valence-corrected chi connectivity index (χ1v) is 10.5. The first-order valence-electron chi connectivity index (χ1n) is 7.73.